The van der Waals surface area contributed by atoms with Crippen molar-refractivity contribution >= 4 is 38.5 Å². The molecule has 14 heavy (non-hydrogen) atoms. The molecule has 0 saturated carbocycles. The van der Waals surface area contributed by atoms with Crippen molar-refractivity contribution in [1.29, 1.82) is 0 Å². The molecule has 0 saturated heterocycles. The third-order valence-corrected chi connectivity index (χ3v) is 3.48. The van der Waals surface area contributed by atoms with Crippen molar-refractivity contribution in [3.63, 3.8) is 0 Å². The average Bonchev–Trinajstić information content (AvgIpc) is 2.18. The Morgan fingerprint density at radius 1 is 1.64 bits per heavy atom. The van der Waals surface area contributed by atoms with Gasteiger partial charge in [-0.25, -0.2) is 0 Å². The summed E-state index contributed by atoms with van der Waals surface area (Å²) in [4.78, 5) is 0. The van der Waals surface area contributed by atoms with Gasteiger partial charge in [0.1, 0.15) is 0 Å². The lowest BCUT2D eigenvalue weighted by Gasteiger charge is -2.15. The van der Waals surface area contributed by atoms with Crippen LogP contribution in [0, 0.1) is 15.9 Å². The summed E-state index contributed by atoms with van der Waals surface area (Å²) in [6.45, 7) is 0. The van der Waals surface area contributed by atoms with Crippen LogP contribution < -0.4 is 5.32 Å². The predicted molar refractivity (Wildman–Crippen MR) is 72.1 cm³/mol. The van der Waals surface area contributed by atoms with Crippen LogP contribution in [0.1, 0.15) is 18.0 Å². The molecule has 0 bridgehead atoms. The molecule has 1 unspecified atom stereocenters. The summed E-state index contributed by atoms with van der Waals surface area (Å²) < 4.78 is 2.32. The zero-order valence-electron chi connectivity index (χ0n) is 7.85. The highest BCUT2D eigenvalue weighted by Gasteiger charge is 2.11. The molecule has 0 aliphatic heterocycles. The molecule has 0 fully saturated rings. The highest BCUT2D eigenvalue weighted by atomic mass is 127. The van der Waals surface area contributed by atoms with Gasteiger partial charge in [0.05, 0.1) is 0 Å². The maximum Gasteiger partial charge on any atom is 0.0439 e. The summed E-state index contributed by atoms with van der Waals surface area (Å²) in [7, 11) is 1.93. The highest BCUT2D eigenvalue weighted by Crippen LogP contribution is 2.25. The van der Waals surface area contributed by atoms with Gasteiger partial charge in [-0.1, -0.05) is 15.9 Å². The molecule has 0 aliphatic carbocycles. The van der Waals surface area contributed by atoms with Gasteiger partial charge in [-0.2, -0.15) is 0 Å². The van der Waals surface area contributed by atoms with Crippen LogP contribution in [0.4, 0.5) is 0 Å². The second-order valence-corrected chi connectivity index (χ2v) is 4.99. The van der Waals surface area contributed by atoms with E-state index in [1.54, 1.807) is 0 Å². The quantitative estimate of drug-likeness (QED) is 0.641. The fourth-order valence-corrected chi connectivity index (χ4v) is 2.36. The number of benzene rings is 1. The number of hydrogen-bond acceptors (Lipinski definition) is 1. The molecule has 3 heteroatoms. The van der Waals surface area contributed by atoms with E-state index in [1.165, 1.54) is 9.13 Å². The van der Waals surface area contributed by atoms with Crippen molar-refractivity contribution in [1.82, 2.24) is 5.32 Å². The first-order valence-electron chi connectivity index (χ1n) is 4.24. The Bertz CT molecular complexity index is 357. The average molecular weight is 364 g/mol. The monoisotopic (exact) mass is 363 g/mol. The molecule has 74 valence electrons. The molecule has 1 aromatic carbocycles. The van der Waals surface area contributed by atoms with E-state index < -0.39 is 0 Å². The normalized spacial score (nSPS) is 12.1. The van der Waals surface area contributed by atoms with Crippen molar-refractivity contribution in [2.75, 3.05) is 7.05 Å². The maximum absolute atomic E-state index is 5.33. The Labute approximate surface area is 107 Å². The minimum absolute atomic E-state index is 0.240. The van der Waals surface area contributed by atoms with Crippen molar-refractivity contribution in [2.45, 2.75) is 12.5 Å². The Hall–Kier alpha value is -0.0500. The first-order valence-corrected chi connectivity index (χ1v) is 6.12. The Kier molecular flexibility index (Phi) is 4.93. The van der Waals surface area contributed by atoms with Gasteiger partial charge in [0, 0.05) is 20.5 Å². The molecular formula is C11H11BrIN. The van der Waals surface area contributed by atoms with E-state index in [2.05, 4.69) is 61.9 Å². The van der Waals surface area contributed by atoms with Crippen molar-refractivity contribution in [2.24, 2.45) is 0 Å². The van der Waals surface area contributed by atoms with Gasteiger partial charge in [0.25, 0.3) is 0 Å². The molecule has 0 amide bonds. The van der Waals surface area contributed by atoms with Crippen molar-refractivity contribution in [3.8, 4) is 12.3 Å². The molecule has 1 rings (SSSR count). The number of terminal acetylenes is 1. The number of halogens is 2. The molecular weight excluding hydrogens is 353 g/mol. The lowest BCUT2D eigenvalue weighted by Crippen LogP contribution is -2.16. The van der Waals surface area contributed by atoms with Crippen LogP contribution in [0.25, 0.3) is 0 Å². The summed E-state index contributed by atoms with van der Waals surface area (Å²) in [5.74, 6) is 2.68. The second-order valence-electron chi connectivity index (χ2n) is 2.92. The molecule has 0 aliphatic rings. The van der Waals surface area contributed by atoms with E-state index in [9.17, 15) is 0 Å². The van der Waals surface area contributed by atoms with E-state index in [0.29, 0.717) is 6.42 Å². The van der Waals surface area contributed by atoms with Gasteiger partial charge in [0.15, 0.2) is 0 Å². The summed E-state index contributed by atoms with van der Waals surface area (Å²) >= 11 is 5.79. The molecule has 1 N–H and O–H groups in total. The van der Waals surface area contributed by atoms with E-state index >= 15 is 0 Å². The minimum atomic E-state index is 0.240. The fraction of sp³-hybridized carbons (Fsp3) is 0.273. The summed E-state index contributed by atoms with van der Waals surface area (Å²) in [6.07, 6.45) is 6.04. The zero-order valence-corrected chi connectivity index (χ0v) is 11.6. The predicted octanol–water partition coefficient (Wildman–Crippen LogP) is 3.34. The van der Waals surface area contributed by atoms with Crippen LogP contribution in [0.2, 0.25) is 0 Å². The van der Waals surface area contributed by atoms with Crippen LogP contribution in [-0.2, 0) is 0 Å². The Morgan fingerprint density at radius 2 is 2.36 bits per heavy atom. The van der Waals surface area contributed by atoms with Crippen LogP contribution in [0.5, 0.6) is 0 Å². The second kappa shape index (κ2) is 5.74. The first-order chi connectivity index (χ1) is 6.69. The molecule has 0 spiro atoms. The third-order valence-electron chi connectivity index (χ3n) is 2.00. The van der Waals surface area contributed by atoms with E-state index in [1.807, 2.05) is 13.1 Å². The highest BCUT2D eigenvalue weighted by molar-refractivity contribution is 14.1. The number of nitrogens with one attached hydrogen (secondary N) is 1. The van der Waals surface area contributed by atoms with Gasteiger partial charge in [-0.3, -0.25) is 0 Å². The van der Waals surface area contributed by atoms with Gasteiger partial charge in [-0.15, -0.1) is 12.3 Å². The molecule has 1 atom stereocenters. The van der Waals surface area contributed by atoms with Crippen molar-refractivity contribution < 1.29 is 0 Å². The van der Waals surface area contributed by atoms with Crippen LogP contribution in [0.15, 0.2) is 22.7 Å². The van der Waals surface area contributed by atoms with E-state index in [-0.39, 0.29) is 6.04 Å². The molecule has 0 heterocycles. The van der Waals surface area contributed by atoms with Crippen LogP contribution >= 0.6 is 38.5 Å². The van der Waals surface area contributed by atoms with Gasteiger partial charge in [0.2, 0.25) is 0 Å². The standard InChI is InChI=1S/C11H11BrIN/c1-3-4-11(14-2)9-7-8(12)5-6-10(9)13/h1,5-7,11,14H,4H2,2H3. The third kappa shape index (κ3) is 2.97. The summed E-state index contributed by atoms with van der Waals surface area (Å²) in [5.41, 5.74) is 1.25. The topological polar surface area (TPSA) is 12.0 Å². The maximum atomic E-state index is 5.33. The largest absolute Gasteiger partial charge is 0.312 e. The van der Waals surface area contributed by atoms with Crippen LogP contribution in [-0.4, -0.2) is 7.05 Å². The van der Waals surface area contributed by atoms with Crippen LogP contribution in [0.3, 0.4) is 0 Å². The lowest BCUT2D eigenvalue weighted by atomic mass is 10.0. The number of rotatable bonds is 3. The minimum Gasteiger partial charge on any atom is -0.312 e. The molecule has 1 nitrogen and oxygen atoms in total. The lowest BCUT2D eigenvalue weighted by molar-refractivity contribution is 0.608. The number of hydrogen-bond donors (Lipinski definition) is 1. The van der Waals surface area contributed by atoms with Gasteiger partial charge < -0.3 is 5.32 Å². The fourth-order valence-electron chi connectivity index (χ4n) is 1.27. The Balaban J connectivity index is 3.03. The molecule has 0 radical (unpaired) electrons. The molecule has 0 aromatic heterocycles. The Morgan fingerprint density at radius 3 is 2.93 bits per heavy atom. The summed E-state index contributed by atoms with van der Waals surface area (Å²) in [5, 5.41) is 3.22. The zero-order chi connectivity index (χ0) is 10.6. The van der Waals surface area contributed by atoms with Gasteiger partial charge in [-0.05, 0) is 53.4 Å². The van der Waals surface area contributed by atoms with Crippen molar-refractivity contribution in [3.05, 3.63) is 31.8 Å². The van der Waals surface area contributed by atoms with E-state index in [0.717, 1.165) is 4.47 Å². The SMILES string of the molecule is C#CCC(NC)c1cc(Br)ccc1I. The van der Waals surface area contributed by atoms with E-state index in [4.69, 9.17) is 6.42 Å². The smallest absolute Gasteiger partial charge is 0.0439 e. The first kappa shape index (κ1) is 12.0. The summed E-state index contributed by atoms with van der Waals surface area (Å²) in [6, 6.07) is 6.47. The van der Waals surface area contributed by atoms with Gasteiger partial charge >= 0.3 is 0 Å². The molecule has 1 aromatic rings.